The van der Waals surface area contributed by atoms with E-state index in [1.807, 2.05) is 24.3 Å². The van der Waals surface area contributed by atoms with Crippen LogP contribution in [0.25, 0.3) is 11.1 Å². The Balaban J connectivity index is 1.74. The molecule has 4 heteroatoms. The summed E-state index contributed by atoms with van der Waals surface area (Å²) in [6.07, 6.45) is -0.0731. The molecule has 2 N–H and O–H groups in total. The third-order valence-electron chi connectivity index (χ3n) is 3.60. The minimum Gasteiger partial charge on any atom is -0.465 e. The summed E-state index contributed by atoms with van der Waals surface area (Å²) in [7, 11) is 0. The summed E-state index contributed by atoms with van der Waals surface area (Å²) in [5.74, 6) is 0.305. The third-order valence-corrected chi connectivity index (χ3v) is 3.83. The lowest BCUT2D eigenvalue weighted by molar-refractivity contribution is 0.193. The topological polar surface area (TPSA) is 49.3 Å². The van der Waals surface area contributed by atoms with E-state index in [0.29, 0.717) is 5.92 Å². The molecule has 3 rings (SSSR count). The van der Waals surface area contributed by atoms with Crippen LogP contribution in [-0.4, -0.2) is 17.2 Å². The molecule has 0 aromatic heterocycles. The summed E-state index contributed by atoms with van der Waals surface area (Å²) in [4.78, 5) is 10.6. The molecular formula is C16H14ClNO2. The Kier molecular flexibility index (Phi) is 3.36. The van der Waals surface area contributed by atoms with Gasteiger partial charge in [0, 0.05) is 17.0 Å². The number of hydrogen-bond acceptors (Lipinski definition) is 1. The van der Waals surface area contributed by atoms with Crippen molar-refractivity contribution in [2.24, 2.45) is 0 Å². The van der Waals surface area contributed by atoms with Gasteiger partial charge in [-0.15, -0.1) is 0 Å². The molecule has 0 spiro atoms. The summed E-state index contributed by atoms with van der Waals surface area (Å²) >= 11 is 5.99. The number of hydrogen-bond donors (Lipinski definition) is 2. The Morgan fingerprint density at radius 1 is 1.15 bits per heavy atom. The minimum absolute atomic E-state index is 0.0597. The van der Waals surface area contributed by atoms with Crippen molar-refractivity contribution >= 4 is 17.7 Å². The van der Waals surface area contributed by atoms with Crippen LogP contribution in [0.3, 0.4) is 0 Å². The van der Waals surface area contributed by atoms with E-state index < -0.39 is 6.09 Å². The van der Waals surface area contributed by atoms with Gasteiger partial charge in [-0.1, -0.05) is 48.0 Å². The van der Waals surface area contributed by atoms with E-state index in [2.05, 4.69) is 29.6 Å². The molecule has 2 aromatic carbocycles. The second kappa shape index (κ2) is 5.17. The monoisotopic (exact) mass is 287 g/mol. The molecule has 2 atom stereocenters. The lowest BCUT2D eigenvalue weighted by Crippen LogP contribution is -2.24. The SMILES string of the molecule is O=C(O)N[C@@H]1C[C@H]1c1ccc(-c2cccc(Cl)c2)cc1. The molecular weight excluding hydrogens is 274 g/mol. The minimum atomic E-state index is -0.951. The molecule has 1 saturated carbocycles. The molecule has 0 unspecified atom stereocenters. The number of carbonyl (C=O) groups is 1. The largest absolute Gasteiger partial charge is 0.465 e. The molecule has 0 heterocycles. The first-order valence-corrected chi connectivity index (χ1v) is 6.86. The quantitative estimate of drug-likeness (QED) is 0.892. The first-order valence-electron chi connectivity index (χ1n) is 6.49. The van der Waals surface area contributed by atoms with Gasteiger partial charge in [0.25, 0.3) is 0 Å². The normalized spacial score (nSPS) is 20.4. The van der Waals surface area contributed by atoms with Crippen LogP contribution in [0, 0.1) is 0 Å². The molecule has 1 aliphatic carbocycles. The first kappa shape index (κ1) is 13.0. The van der Waals surface area contributed by atoms with Crippen molar-refractivity contribution < 1.29 is 9.90 Å². The molecule has 2 aromatic rings. The van der Waals surface area contributed by atoms with Gasteiger partial charge in [-0.25, -0.2) is 4.79 Å². The number of benzene rings is 2. The standard InChI is InChI=1S/C16H14ClNO2/c17-13-3-1-2-12(8-13)10-4-6-11(7-5-10)14-9-15(14)18-16(19)20/h1-8,14-15,18H,9H2,(H,19,20)/t14-,15+/m0/s1. The van der Waals surface area contributed by atoms with E-state index in [9.17, 15) is 4.79 Å². The van der Waals surface area contributed by atoms with Gasteiger partial charge >= 0.3 is 6.09 Å². The fourth-order valence-corrected chi connectivity index (χ4v) is 2.66. The van der Waals surface area contributed by atoms with E-state index >= 15 is 0 Å². The van der Waals surface area contributed by atoms with Gasteiger partial charge in [-0.2, -0.15) is 0 Å². The van der Waals surface area contributed by atoms with Crippen LogP contribution in [0.15, 0.2) is 48.5 Å². The summed E-state index contributed by atoms with van der Waals surface area (Å²) in [6.45, 7) is 0. The van der Waals surface area contributed by atoms with Gasteiger partial charge in [-0.3, -0.25) is 0 Å². The Morgan fingerprint density at radius 3 is 2.55 bits per heavy atom. The Bertz CT molecular complexity index is 639. The fraction of sp³-hybridized carbons (Fsp3) is 0.188. The highest BCUT2D eigenvalue weighted by atomic mass is 35.5. The maximum atomic E-state index is 10.6. The predicted molar refractivity (Wildman–Crippen MR) is 79.2 cm³/mol. The lowest BCUT2D eigenvalue weighted by atomic mass is 10.0. The van der Waals surface area contributed by atoms with Gasteiger partial charge in [0.2, 0.25) is 0 Å². The highest BCUT2D eigenvalue weighted by Gasteiger charge is 2.39. The zero-order valence-electron chi connectivity index (χ0n) is 10.7. The van der Waals surface area contributed by atoms with E-state index in [1.165, 1.54) is 5.56 Å². The van der Waals surface area contributed by atoms with Gasteiger partial charge < -0.3 is 10.4 Å². The molecule has 0 radical (unpaired) electrons. The molecule has 3 nitrogen and oxygen atoms in total. The smallest absolute Gasteiger partial charge is 0.404 e. The second-order valence-electron chi connectivity index (χ2n) is 5.03. The zero-order valence-corrected chi connectivity index (χ0v) is 11.5. The third kappa shape index (κ3) is 2.78. The van der Waals surface area contributed by atoms with Crippen molar-refractivity contribution in [1.82, 2.24) is 5.32 Å². The maximum Gasteiger partial charge on any atom is 0.404 e. The van der Waals surface area contributed by atoms with E-state index in [4.69, 9.17) is 16.7 Å². The molecule has 0 bridgehead atoms. The number of nitrogens with one attached hydrogen (secondary N) is 1. The van der Waals surface area contributed by atoms with E-state index in [-0.39, 0.29) is 6.04 Å². The molecule has 0 saturated heterocycles. The molecule has 102 valence electrons. The van der Waals surface area contributed by atoms with Crippen LogP contribution >= 0.6 is 11.6 Å². The van der Waals surface area contributed by atoms with Crippen molar-refractivity contribution in [3.05, 3.63) is 59.1 Å². The second-order valence-corrected chi connectivity index (χ2v) is 5.47. The zero-order chi connectivity index (χ0) is 14.1. The van der Waals surface area contributed by atoms with Crippen LogP contribution in [0.1, 0.15) is 17.9 Å². The van der Waals surface area contributed by atoms with Crippen molar-refractivity contribution in [3.63, 3.8) is 0 Å². The highest BCUT2D eigenvalue weighted by molar-refractivity contribution is 6.30. The van der Waals surface area contributed by atoms with Gasteiger partial charge in [0.05, 0.1) is 0 Å². The summed E-state index contributed by atoms with van der Waals surface area (Å²) < 4.78 is 0. The van der Waals surface area contributed by atoms with Crippen LogP contribution < -0.4 is 5.32 Å². The average molecular weight is 288 g/mol. The van der Waals surface area contributed by atoms with Crippen molar-refractivity contribution in [2.75, 3.05) is 0 Å². The van der Waals surface area contributed by atoms with Crippen molar-refractivity contribution in [1.29, 1.82) is 0 Å². The number of amides is 1. The molecule has 20 heavy (non-hydrogen) atoms. The van der Waals surface area contributed by atoms with E-state index in [1.54, 1.807) is 0 Å². The van der Waals surface area contributed by atoms with Crippen molar-refractivity contribution in [3.8, 4) is 11.1 Å². The molecule has 1 amide bonds. The van der Waals surface area contributed by atoms with Crippen molar-refractivity contribution in [2.45, 2.75) is 18.4 Å². The van der Waals surface area contributed by atoms with Crippen LogP contribution in [0.5, 0.6) is 0 Å². The number of rotatable bonds is 3. The first-order chi connectivity index (χ1) is 9.63. The maximum absolute atomic E-state index is 10.6. The molecule has 0 aliphatic heterocycles. The van der Waals surface area contributed by atoms with Crippen LogP contribution in [0.2, 0.25) is 5.02 Å². The summed E-state index contributed by atoms with van der Waals surface area (Å²) in [6, 6.07) is 16.0. The fourth-order valence-electron chi connectivity index (χ4n) is 2.47. The Labute approximate surface area is 122 Å². The Hall–Kier alpha value is -2.00. The Morgan fingerprint density at radius 2 is 1.90 bits per heavy atom. The highest BCUT2D eigenvalue weighted by Crippen LogP contribution is 2.41. The van der Waals surface area contributed by atoms with Gasteiger partial charge in [0.1, 0.15) is 0 Å². The van der Waals surface area contributed by atoms with Crippen LogP contribution in [-0.2, 0) is 0 Å². The van der Waals surface area contributed by atoms with E-state index in [0.717, 1.165) is 22.6 Å². The average Bonchev–Trinajstić information content (AvgIpc) is 3.17. The lowest BCUT2D eigenvalue weighted by Gasteiger charge is -2.05. The summed E-state index contributed by atoms with van der Waals surface area (Å²) in [5.41, 5.74) is 3.37. The number of halogens is 1. The molecule has 1 aliphatic rings. The van der Waals surface area contributed by atoms with Gasteiger partial charge in [-0.05, 0) is 35.2 Å². The number of carboxylic acid groups (broad SMARTS) is 1. The van der Waals surface area contributed by atoms with Crippen LogP contribution in [0.4, 0.5) is 4.79 Å². The predicted octanol–water partition coefficient (Wildman–Crippen LogP) is 4.13. The van der Waals surface area contributed by atoms with Gasteiger partial charge in [0.15, 0.2) is 0 Å². The molecule has 1 fully saturated rings. The summed E-state index contributed by atoms with van der Waals surface area (Å²) in [5, 5.41) is 11.9.